The average Bonchev–Trinajstić information content (AvgIpc) is 3.41. The number of para-hydroxylation sites is 1. The van der Waals surface area contributed by atoms with E-state index >= 15 is 0 Å². The van der Waals surface area contributed by atoms with Gasteiger partial charge < -0.3 is 14.8 Å². The molecule has 2 amide bonds. The van der Waals surface area contributed by atoms with Gasteiger partial charge in [-0.2, -0.15) is 0 Å². The minimum Gasteiger partial charge on any atom is -0.361 e. The van der Waals surface area contributed by atoms with Gasteiger partial charge in [0.25, 0.3) is 0 Å². The van der Waals surface area contributed by atoms with Crippen molar-refractivity contribution in [2.24, 2.45) is 5.41 Å². The van der Waals surface area contributed by atoms with Crippen LogP contribution in [0.4, 0.5) is 11.4 Å². The second-order valence-corrected chi connectivity index (χ2v) is 10.5. The van der Waals surface area contributed by atoms with Crippen molar-refractivity contribution in [2.75, 3.05) is 29.9 Å². The van der Waals surface area contributed by atoms with E-state index in [0.29, 0.717) is 13.1 Å². The Bertz CT molecular complexity index is 1460. The van der Waals surface area contributed by atoms with E-state index in [1.807, 2.05) is 31.5 Å². The zero-order chi connectivity index (χ0) is 26.9. The molecule has 0 radical (unpaired) electrons. The van der Waals surface area contributed by atoms with E-state index in [0.717, 1.165) is 42.0 Å². The predicted molar refractivity (Wildman–Crippen MR) is 152 cm³/mol. The summed E-state index contributed by atoms with van der Waals surface area (Å²) >= 11 is 0. The summed E-state index contributed by atoms with van der Waals surface area (Å²) in [6, 6.07) is 18.7. The summed E-state index contributed by atoms with van der Waals surface area (Å²) in [5.41, 5.74) is 5.12. The molecule has 38 heavy (non-hydrogen) atoms. The predicted octanol–water partition coefficient (Wildman–Crippen LogP) is 5.16. The number of fused-ring (bicyclic) bond motifs is 2. The Morgan fingerprint density at radius 1 is 0.947 bits per heavy atom. The van der Waals surface area contributed by atoms with Crippen molar-refractivity contribution in [1.29, 1.82) is 0 Å². The third-order valence-electron chi connectivity index (χ3n) is 7.54. The van der Waals surface area contributed by atoms with Gasteiger partial charge in [-0.25, -0.2) is 0 Å². The molecule has 0 fully saturated rings. The molecule has 0 bridgehead atoms. The number of hydrogen-bond acceptors (Lipinski definition) is 4. The van der Waals surface area contributed by atoms with Crippen LogP contribution in [-0.2, 0) is 29.1 Å². The largest absolute Gasteiger partial charge is 0.361 e. The van der Waals surface area contributed by atoms with Crippen LogP contribution in [0.1, 0.15) is 37.5 Å². The van der Waals surface area contributed by atoms with Crippen molar-refractivity contribution in [1.82, 2.24) is 14.9 Å². The smallest absolute Gasteiger partial charge is 0.242 e. The van der Waals surface area contributed by atoms with Gasteiger partial charge in [0, 0.05) is 57.3 Å². The van der Waals surface area contributed by atoms with Gasteiger partial charge in [0.15, 0.2) is 0 Å². The second-order valence-electron chi connectivity index (χ2n) is 10.5. The first-order valence-corrected chi connectivity index (χ1v) is 13.2. The van der Waals surface area contributed by atoms with Gasteiger partial charge in [-0.3, -0.25) is 19.5 Å². The average molecular weight is 510 g/mol. The highest BCUT2D eigenvalue weighted by molar-refractivity contribution is 6.19. The topological polar surface area (TPSA) is 72.5 Å². The van der Waals surface area contributed by atoms with Crippen LogP contribution in [-0.4, -0.2) is 46.8 Å². The maximum atomic E-state index is 13.3. The Morgan fingerprint density at radius 3 is 2.55 bits per heavy atom. The number of rotatable bonds is 8. The summed E-state index contributed by atoms with van der Waals surface area (Å²) in [5, 5.41) is 1.20. The molecule has 0 aliphatic carbocycles. The number of carbonyl (C=O) groups excluding carboxylic acids is 2. The molecular weight excluding hydrogens is 474 g/mol. The molecule has 0 saturated carbocycles. The monoisotopic (exact) mass is 509 g/mol. The van der Waals surface area contributed by atoms with Crippen LogP contribution in [0.15, 0.2) is 73.2 Å². The van der Waals surface area contributed by atoms with Crippen LogP contribution in [0, 0.1) is 5.41 Å². The van der Waals surface area contributed by atoms with E-state index in [1.165, 1.54) is 16.5 Å². The lowest BCUT2D eigenvalue weighted by molar-refractivity contribution is -0.137. The summed E-state index contributed by atoms with van der Waals surface area (Å²) in [6.45, 7) is 8.21. The molecule has 1 N–H and O–H groups in total. The number of carbonyl (C=O) groups is 2. The maximum absolute atomic E-state index is 13.3. The number of aromatic amines is 1. The fraction of sp³-hybridized carbons (Fsp3) is 0.323. The fourth-order valence-corrected chi connectivity index (χ4v) is 5.37. The molecular formula is C31H35N5O2. The van der Waals surface area contributed by atoms with Crippen molar-refractivity contribution < 1.29 is 9.59 Å². The highest BCUT2D eigenvalue weighted by atomic mass is 16.2. The van der Waals surface area contributed by atoms with Crippen LogP contribution in [0.3, 0.4) is 0 Å². The van der Waals surface area contributed by atoms with Gasteiger partial charge in [-0.05, 0) is 73.5 Å². The number of benzene rings is 2. The zero-order valence-corrected chi connectivity index (χ0v) is 22.6. The van der Waals surface area contributed by atoms with Gasteiger partial charge in [0.2, 0.25) is 11.8 Å². The Balaban J connectivity index is 1.47. The third-order valence-corrected chi connectivity index (χ3v) is 7.54. The SMILES string of the molecule is CCN1C(=O)C(C)(C)C(=O)N(C)c2cc(CN(CCc3cccnc3)Cc3cccc4cc[nH]c34)ccc21. The molecule has 1 aliphatic heterocycles. The van der Waals surface area contributed by atoms with E-state index < -0.39 is 5.41 Å². The second kappa shape index (κ2) is 10.4. The van der Waals surface area contributed by atoms with E-state index in [4.69, 9.17) is 0 Å². The molecule has 4 aromatic rings. The van der Waals surface area contributed by atoms with E-state index in [-0.39, 0.29) is 11.8 Å². The van der Waals surface area contributed by atoms with Crippen LogP contribution in [0.5, 0.6) is 0 Å². The number of aromatic nitrogens is 2. The van der Waals surface area contributed by atoms with Crippen molar-refractivity contribution in [3.63, 3.8) is 0 Å². The van der Waals surface area contributed by atoms with E-state index in [1.54, 1.807) is 36.9 Å². The molecule has 2 aromatic heterocycles. The lowest BCUT2D eigenvalue weighted by Crippen LogP contribution is -2.47. The van der Waals surface area contributed by atoms with Gasteiger partial charge in [-0.1, -0.05) is 30.3 Å². The standard InChI is InChI=1S/C31H35N5O2/c1-5-36-26-12-11-23(18-27(26)34(4)29(37)31(2,3)30(36)38)20-35(17-14-22-8-7-15-32-19-22)21-25-10-6-9-24-13-16-33-28(24)25/h6-13,15-16,18-19,33H,5,14,17,20-21H2,1-4H3. The van der Waals surface area contributed by atoms with Crippen molar-refractivity contribution in [3.05, 3.63) is 89.9 Å². The zero-order valence-electron chi connectivity index (χ0n) is 22.6. The molecule has 7 heteroatoms. The number of H-pyrrole nitrogens is 1. The van der Waals surface area contributed by atoms with Crippen molar-refractivity contribution in [3.8, 4) is 0 Å². The first kappa shape index (κ1) is 25.7. The first-order valence-electron chi connectivity index (χ1n) is 13.2. The Labute approximate surface area is 224 Å². The summed E-state index contributed by atoms with van der Waals surface area (Å²) in [5.74, 6) is -0.357. The minimum atomic E-state index is -1.12. The lowest BCUT2D eigenvalue weighted by atomic mass is 9.90. The summed E-state index contributed by atoms with van der Waals surface area (Å²) in [4.78, 5) is 40.0. The summed E-state index contributed by atoms with van der Waals surface area (Å²) in [6.07, 6.45) is 6.58. The lowest BCUT2D eigenvalue weighted by Gasteiger charge is -2.27. The van der Waals surface area contributed by atoms with Gasteiger partial charge in [-0.15, -0.1) is 0 Å². The molecule has 196 valence electrons. The Morgan fingerprint density at radius 2 is 1.79 bits per heavy atom. The number of hydrogen-bond donors (Lipinski definition) is 1. The normalized spacial score (nSPS) is 15.3. The van der Waals surface area contributed by atoms with Gasteiger partial charge in [0.1, 0.15) is 5.41 Å². The minimum absolute atomic E-state index is 0.166. The van der Waals surface area contributed by atoms with Crippen molar-refractivity contribution >= 4 is 34.1 Å². The number of nitrogens with zero attached hydrogens (tertiary/aromatic N) is 4. The van der Waals surface area contributed by atoms with Crippen LogP contribution >= 0.6 is 0 Å². The number of amides is 2. The number of pyridine rings is 1. The summed E-state index contributed by atoms with van der Waals surface area (Å²) in [7, 11) is 1.77. The Kier molecular flexibility index (Phi) is 7.04. The molecule has 2 aromatic carbocycles. The van der Waals surface area contributed by atoms with E-state index in [2.05, 4.69) is 57.3 Å². The quantitative estimate of drug-likeness (QED) is 0.333. The van der Waals surface area contributed by atoms with Crippen LogP contribution in [0.25, 0.3) is 10.9 Å². The molecule has 3 heterocycles. The number of nitrogens with one attached hydrogen (secondary N) is 1. The third kappa shape index (κ3) is 4.82. The van der Waals surface area contributed by atoms with E-state index in [9.17, 15) is 9.59 Å². The molecule has 0 spiro atoms. The van der Waals surface area contributed by atoms with Gasteiger partial charge in [0.05, 0.1) is 11.4 Å². The molecule has 0 unspecified atom stereocenters. The molecule has 5 rings (SSSR count). The van der Waals surface area contributed by atoms with Crippen molar-refractivity contribution in [2.45, 2.75) is 40.3 Å². The molecule has 1 aliphatic rings. The highest BCUT2D eigenvalue weighted by Gasteiger charge is 2.45. The molecule has 0 atom stereocenters. The first-order chi connectivity index (χ1) is 18.3. The maximum Gasteiger partial charge on any atom is 0.242 e. The molecule has 0 saturated heterocycles. The van der Waals surface area contributed by atoms with Crippen LogP contribution in [0.2, 0.25) is 0 Å². The molecule has 7 nitrogen and oxygen atoms in total. The number of anilines is 2. The Hall–Kier alpha value is -3.97. The highest BCUT2D eigenvalue weighted by Crippen LogP contribution is 2.39. The van der Waals surface area contributed by atoms with Gasteiger partial charge >= 0.3 is 0 Å². The summed E-state index contributed by atoms with van der Waals surface area (Å²) < 4.78 is 0. The van der Waals surface area contributed by atoms with Crippen LogP contribution < -0.4 is 9.80 Å². The fourth-order valence-electron chi connectivity index (χ4n) is 5.37.